The summed E-state index contributed by atoms with van der Waals surface area (Å²) < 4.78 is 13.8. The van der Waals surface area contributed by atoms with Gasteiger partial charge in [0.1, 0.15) is 11.2 Å². The molecule has 3 heterocycles. The SMILES string of the molecule is Cc1c(-c2ccc(-c3ccc4cc(-c5ccc(-c6cc7ccc8ccccc8c7oc6=O)n5C)ccc4c3)cc2)c(=O)oc2ccc3ccccc3c12. The highest BCUT2D eigenvalue weighted by Crippen LogP contribution is 2.35. The van der Waals surface area contributed by atoms with Crippen LogP contribution in [-0.2, 0) is 7.05 Å². The monoisotopic (exact) mass is 685 g/mol. The Labute approximate surface area is 303 Å². The van der Waals surface area contributed by atoms with Crippen LogP contribution in [0, 0.1) is 6.92 Å². The van der Waals surface area contributed by atoms with E-state index in [9.17, 15) is 9.59 Å². The van der Waals surface area contributed by atoms with Gasteiger partial charge >= 0.3 is 11.3 Å². The Morgan fingerprint density at radius 1 is 0.472 bits per heavy atom. The van der Waals surface area contributed by atoms with Gasteiger partial charge in [-0.15, -0.1) is 0 Å². The smallest absolute Gasteiger partial charge is 0.345 e. The van der Waals surface area contributed by atoms with Crippen molar-refractivity contribution < 1.29 is 8.83 Å². The second-order valence-electron chi connectivity index (χ2n) is 13.7. The minimum atomic E-state index is -0.356. The first-order valence-corrected chi connectivity index (χ1v) is 17.6. The standard InChI is InChI=1S/C48H31NO4/c1-28-44(48(51)52-43-24-21-30-7-3-5-9-38(30)45(28)43)32-14-11-29(12-15-32)33-16-17-35-26-36(19-18-34(35)25-33)41-22-23-42(49(41)2)40-27-37-20-13-31-8-4-6-10-39(31)46(37)53-47(40)50/h3-27H,1-2H3. The molecule has 0 saturated heterocycles. The zero-order valence-corrected chi connectivity index (χ0v) is 29.0. The number of benzene rings is 7. The predicted octanol–water partition coefficient (Wildman–Crippen LogP) is 11.7. The van der Waals surface area contributed by atoms with Crippen LogP contribution in [0.2, 0.25) is 0 Å². The lowest BCUT2D eigenvalue weighted by molar-refractivity contribution is 0.563. The first kappa shape index (κ1) is 30.8. The van der Waals surface area contributed by atoms with Gasteiger partial charge in [0.25, 0.3) is 0 Å². The molecule has 0 aliphatic rings. The summed E-state index contributed by atoms with van der Waals surface area (Å²) in [6.45, 7) is 2.00. The second kappa shape index (κ2) is 11.8. The summed E-state index contributed by atoms with van der Waals surface area (Å²) in [7, 11) is 1.98. The van der Waals surface area contributed by atoms with Gasteiger partial charge in [-0.3, -0.25) is 0 Å². The normalized spacial score (nSPS) is 11.7. The lowest BCUT2D eigenvalue weighted by Gasteiger charge is -2.12. The Bertz CT molecular complexity index is 3240. The minimum absolute atomic E-state index is 0.334. The Morgan fingerprint density at radius 3 is 1.85 bits per heavy atom. The molecule has 0 aliphatic carbocycles. The summed E-state index contributed by atoms with van der Waals surface area (Å²) >= 11 is 0. The van der Waals surface area contributed by atoms with Crippen LogP contribution in [0.5, 0.6) is 0 Å². The number of hydrogen-bond donors (Lipinski definition) is 0. The highest BCUT2D eigenvalue weighted by atomic mass is 16.4. The molecule has 0 radical (unpaired) electrons. The number of fused-ring (bicyclic) bond motifs is 7. The molecule has 0 spiro atoms. The lowest BCUT2D eigenvalue weighted by Crippen LogP contribution is -2.06. The molecule has 0 N–H and O–H groups in total. The predicted molar refractivity (Wildman–Crippen MR) is 216 cm³/mol. The van der Waals surface area contributed by atoms with Crippen LogP contribution in [-0.4, -0.2) is 4.57 Å². The Morgan fingerprint density at radius 2 is 1.06 bits per heavy atom. The van der Waals surface area contributed by atoms with Crippen molar-refractivity contribution in [2.24, 2.45) is 7.05 Å². The fourth-order valence-electron chi connectivity index (χ4n) is 8.00. The second-order valence-corrected chi connectivity index (χ2v) is 13.7. The van der Waals surface area contributed by atoms with Gasteiger partial charge < -0.3 is 13.4 Å². The van der Waals surface area contributed by atoms with Gasteiger partial charge in [0.2, 0.25) is 0 Å². The average molecular weight is 686 g/mol. The number of rotatable bonds is 4. The molecule has 0 atom stereocenters. The van der Waals surface area contributed by atoms with E-state index in [0.717, 1.165) is 82.3 Å². The van der Waals surface area contributed by atoms with E-state index < -0.39 is 0 Å². The van der Waals surface area contributed by atoms with Gasteiger partial charge in [-0.05, 0) is 98.1 Å². The first-order chi connectivity index (χ1) is 25.9. The molecule has 5 heteroatoms. The van der Waals surface area contributed by atoms with Crippen LogP contribution in [0.3, 0.4) is 0 Å². The van der Waals surface area contributed by atoms with Gasteiger partial charge in [-0.2, -0.15) is 0 Å². The zero-order chi connectivity index (χ0) is 35.8. The Kier molecular flexibility index (Phi) is 6.85. The van der Waals surface area contributed by atoms with Crippen molar-refractivity contribution in [2.75, 3.05) is 0 Å². The van der Waals surface area contributed by atoms with Crippen molar-refractivity contribution in [1.29, 1.82) is 0 Å². The fourth-order valence-corrected chi connectivity index (χ4v) is 8.00. The summed E-state index contributed by atoms with van der Waals surface area (Å²) in [6.07, 6.45) is 0. The maximum Gasteiger partial charge on any atom is 0.345 e. The van der Waals surface area contributed by atoms with E-state index in [0.29, 0.717) is 22.3 Å². The molecule has 53 heavy (non-hydrogen) atoms. The summed E-state index contributed by atoms with van der Waals surface area (Å²) in [4.78, 5) is 26.5. The van der Waals surface area contributed by atoms with Crippen molar-refractivity contribution in [1.82, 2.24) is 4.57 Å². The van der Waals surface area contributed by atoms with Gasteiger partial charge in [0.15, 0.2) is 0 Å². The third kappa shape index (κ3) is 4.93. The van der Waals surface area contributed by atoms with Crippen molar-refractivity contribution >= 4 is 54.3 Å². The molecule has 0 unspecified atom stereocenters. The molecule has 0 saturated carbocycles. The van der Waals surface area contributed by atoms with E-state index in [1.165, 1.54) is 0 Å². The quantitative estimate of drug-likeness (QED) is 0.137. The molecule has 0 fully saturated rings. The summed E-state index contributed by atoms with van der Waals surface area (Å²) in [5.41, 5.74) is 8.38. The van der Waals surface area contributed by atoms with Crippen LogP contribution in [0.1, 0.15) is 5.56 Å². The van der Waals surface area contributed by atoms with Gasteiger partial charge in [-0.25, -0.2) is 9.59 Å². The van der Waals surface area contributed by atoms with E-state index in [2.05, 4.69) is 77.4 Å². The van der Waals surface area contributed by atoms with Gasteiger partial charge in [0, 0.05) is 28.9 Å². The molecule has 10 aromatic rings. The van der Waals surface area contributed by atoms with E-state index in [1.54, 1.807) is 0 Å². The Balaban J connectivity index is 0.963. The van der Waals surface area contributed by atoms with Crippen LogP contribution < -0.4 is 11.3 Å². The van der Waals surface area contributed by atoms with E-state index >= 15 is 0 Å². The Hall–Kier alpha value is -6.98. The largest absolute Gasteiger partial charge is 0.422 e. The zero-order valence-electron chi connectivity index (χ0n) is 29.0. The summed E-state index contributed by atoms with van der Waals surface area (Å²) in [5, 5.41) is 8.23. The molecule has 5 nitrogen and oxygen atoms in total. The molecule has 3 aromatic heterocycles. The van der Waals surface area contributed by atoms with Crippen molar-refractivity contribution in [3.05, 3.63) is 178 Å². The third-order valence-corrected chi connectivity index (χ3v) is 10.7. The molecule has 252 valence electrons. The van der Waals surface area contributed by atoms with Crippen LogP contribution in [0.4, 0.5) is 0 Å². The first-order valence-electron chi connectivity index (χ1n) is 17.6. The van der Waals surface area contributed by atoms with Crippen LogP contribution in [0.25, 0.3) is 99.0 Å². The van der Waals surface area contributed by atoms with E-state index in [-0.39, 0.29) is 11.3 Å². The fraction of sp³-hybridized carbons (Fsp3) is 0.0417. The molecule has 10 rings (SSSR count). The lowest BCUT2D eigenvalue weighted by atomic mass is 9.94. The maximum absolute atomic E-state index is 13.3. The highest BCUT2D eigenvalue weighted by Gasteiger charge is 2.17. The molecule has 0 amide bonds. The molecule has 7 aromatic carbocycles. The van der Waals surface area contributed by atoms with E-state index in [4.69, 9.17) is 8.83 Å². The average Bonchev–Trinajstić information content (AvgIpc) is 3.57. The van der Waals surface area contributed by atoms with Crippen molar-refractivity contribution in [2.45, 2.75) is 6.92 Å². The van der Waals surface area contributed by atoms with Crippen molar-refractivity contribution in [3.63, 3.8) is 0 Å². The summed E-state index contributed by atoms with van der Waals surface area (Å²) in [6, 6.07) is 51.1. The maximum atomic E-state index is 13.3. The van der Waals surface area contributed by atoms with Crippen LogP contribution in [0.15, 0.2) is 170 Å². The highest BCUT2D eigenvalue weighted by molar-refractivity contribution is 6.09. The number of aryl methyl sites for hydroxylation is 1. The summed E-state index contributed by atoms with van der Waals surface area (Å²) in [5.74, 6) is 0. The van der Waals surface area contributed by atoms with Gasteiger partial charge in [0.05, 0.1) is 16.8 Å². The van der Waals surface area contributed by atoms with Gasteiger partial charge in [-0.1, -0.05) is 115 Å². The third-order valence-electron chi connectivity index (χ3n) is 10.7. The number of aromatic nitrogens is 1. The van der Waals surface area contributed by atoms with E-state index in [1.807, 2.05) is 92.8 Å². The number of nitrogens with zero attached hydrogens (tertiary/aromatic N) is 1. The molecule has 0 aliphatic heterocycles. The minimum Gasteiger partial charge on any atom is -0.422 e. The van der Waals surface area contributed by atoms with Crippen molar-refractivity contribution in [3.8, 4) is 44.8 Å². The molecular formula is C48H31NO4. The number of hydrogen-bond acceptors (Lipinski definition) is 4. The molecular weight excluding hydrogens is 655 g/mol. The topological polar surface area (TPSA) is 65.3 Å². The molecule has 0 bridgehead atoms. The van der Waals surface area contributed by atoms with Crippen LogP contribution >= 0.6 is 0 Å².